The fourth-order valence-electron chi connectivity index (χ4n) is 2.37. The number of rotatable bonds is 6. The van der Waals surface area contributed by atoms with Gasteiger partial charge in [0.05, 0.1) is 7.11 Å². The minimum atomic E-state index is -0.873. The molecular weight excluding hydrogens is 356 g/mol. The number of hydrogen-bond donors (Lipinski definition) is 2. The Bertz CT molecular complexity index is 805. The molecule has 2 aromatic carbocycles. The van der Waals surface area contributed by atoms with Gasteiger partial charge in [-0.25, -0.2) is 4.79 Å². The number of ether oxygens (including phenoxy) is 1. The average Bonchev–Trinajstić information content (AvgIpc) is 2.62. The molecule has 0 spiro atoms. The van der Waals surface area contributed by atoms with Gasteiger partial charge in [0.25, 0.3) is 5.91 Å². The Labute approximate surface area is 156 Å². The molecule has 0 aliphatic carbocycles. The number of halogens is 1. The van der Waals surface area contributed by atoms with Crippen LogP contribution >= 0.6 is 11.6 Å². The Kier molecular flexibility index (Phi) is 6.74. The lowest BCUT2D eigenvalue weighted by Gasteiger charge is -2.17. The van der Waals surface area contributed by atoms with Gasteiger partial charge in [-0.1, -0.05) is 29.8 Å². The molecular formula is C19H19ClN2O4. The zero-order chi connectivity index (χ0) is 19.1. The predicted octanol–water partition coefficient (Wildman–Crippen LogP) is 2.81. The van der Waals surface area contributed by atoms with Crippen LogP contribution < -0.4 is 10.6 Å². The van der Waals surface area contributed by atoms with Crippen molar-refractivity contribution in [3.63, 3.8) is 0 Å². The van der Waals surface area contributed by atoms with E-state index >= 15 is 0 Å². The van der Waals surface area contributed by atoms with Gasteiger partial charge >= 0.3 is 5.97 Å². The van der Waals surface area contributed by atoms with Crippen molar-refractivity contribution in [1.29, 1.82) is 0 Å². The van der Waals surface area contributed by atoms with E-state index in [9.17, 15) is 14.4 Å². The molecule has 7 heteroatoms. The van der Waals surface area contributed by atoms with E-state index in [2.05, 4.69) is 10.6 Å². The normalized spacial score (nSPS) is 11.3. The van der Waals surface area contributed by atoms with Crippen molar-refractivity contribution in [3.05, 3.63) is 64.7 Å². The Morgan fingerprint density at radius 2 is 1.73 bits per heavy atom. The molecule has 0 aliphatic heterocycles. The van der Waals surface area contributed by atoms with Crippen molar-refractivity contribution >= 4 is 35.1 Å². The summed E-state index contributed by atoms with van der Waals surface area (Å²) in [5.41, 5.74) is 1.66. The lowest BCUT2D eigenvalue weighted by Crippen LogP contribution is -2.43. The molecule has 136 valence electrons. The minimum absolute atomic E-state index is 0.201. The van der Waals surface area contributed by atoms with Crippen LogP contribution in [0.2, 0.25) is 5.02 Å². The SMILES string of the molecule is COC(=O)[C@H](Cc1ccccc1Cl)NC(=O)c1ccc(NC(C)=O)cc1. The number of carbonyl (C=O) groups excluding carboxylic acids is 3. The number of benzene rings is 2. The van der Waals surface area contributed by atoms with Crippen LogP contribution in [0.1, 0.15) is 22.8 Å². The fraction of sp³-hybridized carbons (Fsp3) is 0.211. The van der Waals surface area contributed by atoms with E-state index in [-0.39, 0.29) is 12.3 Å². The van der Waals surface area contributed by atoms with Crippen molar-refractivity contribution in [2.24, 2.45) is 0 Å². The van der Waals surface area contributed by atoms with Crippen LogP contribution in [0.15, 0.2) is 48.5 Å². The monoisotopic (exact) mass is 374 g/mol. The average molecular weight is 375 g/mol. The number of anilines is 1. The van der Waals surface area contributed by atoms with E-state index in [4.69, 9.17) is 16.3 Å². The third-order valence-corrected chi connectivity index (χ3v) is 4.01. The Morgan fingerprint density at radius 3 is 2.31 bits per heavy atom. The highest BCUT2D eigenvalue weighted by molar-refractivity contribution is 6.31. The Hall–Kier alpha value is -2.86. The van der Waals surface area contributed by atoms with Crippen LogP contribution in [0.25, 0.3) is 0 Å². The molecule has 0 radical (unpaired) electrons. The highest BCUT2D eigenvalue weighted by atomic mass is 35.5. The molecule has 0 aromatic heterocycles. The molecule has 0 saturated heterocycles. The van der Waals surface area contributed by atoms with Crippen LogP contribution in [0.5, 0.6) is 0 Å². The van der Waals surface area contributed by atoms with Crippen LogP contribution in [0.4, 0.5) is 5.69 Å². The predicted molar refractivity (Wildman–Crippen MR) is 99.2 cm³/mol. The molecule has 26 heavy (non-hydrogen) atoms. The van der Waals surface area contributed by atoms with Crippen molar-refractivity contribution in [3.8, 4) is 0 Å². The second-order valence-corrected chi connectivity index (χ2v) is 6.01. The maximum absolute atomic E-state index is 12.4. The second-order valence-electron chi connectivity index (χ2n) is 5.60. The lowest BCUT2D eigenvalue weighted by atomic mass is 10.1. The number of esters is 1. The largest absolute Gasteiger partial charge is 0.467 e. The summed E-state index contributed by atoms with van der Waals surface area (Å²) in [5, 5.41) is 5.79. The van der Waals surface area contributed by atoms with Gasteiger partial charge < -0.3 is 15.4 Å². The zero-order valence-electron chi connectivity index (χ0n) is 14.4. The van der Waals surface area contributed by atoms with Gasteiger partial charge in [0.2, 0.25) is 5.91 Å². The maximum Gasteiger partial charge on any atom is 0.328 e. The third-order valence-electron chi connectivity index (χ3n) is 3.64. The van der Waals surface area contributed by atoms with Crippen molar-refractivity contribution < 1.29 is 19.1 Å². The van der Waals surface area contributed by atoms with E-state index in [1.807, 2.05) is 0 Å². The van der Waals surface area contributed by atoms with Crippen molar-refractivity contribution in [2.45, 2.75) is 19.4 Å². The van der Waals surface area contributed by atoms with Gasteiger partial charge in [0.15, 0.2) is 0 Å². The van der Waals surface area contributed by atoms with Crippen molar-refractivity contribution in [2.75, 3.05) is 12.4 Å². The topological polar surface area (TPSA) is 84.5 Å². The van der Waals surface area contributed by atoms with Gasteiger partial charge in [-0.05, 0) is 35.9 Å². The minimum Gasteiger partial charge on any atom is -0.467 e. The van der Waals surface area contributed by atoms with Gasteiger partial charge in [-0.15, -0.1) is 0 Å². The smallest absolute Gasteiger partial charge is 0.328 e. The summed E-state index contributed by atoms with van der Waals surface area (Å²) in [6.07, 6.45) is 0.210. The first kappa shape index (κ1) is 19.5. The molecule has 1 atom stereocenters. The van der Waals surface area contributed by atoms with Gasteiger partial charge in [0.1, 0.15) is 6.04 Å². The molecule has 2 amide bonds. The molecule has 0 heterocycles. The fourth-order valence-corrected chi connectivity index (χ4v) is 2.58. The van der Waals surface area contributed by atoms with Gasteiger partial charge in [-0.3, -0.25) is 9.59 Å². The molecule has 0 bridgehead atoms. The van der Waals surface area contributed by atoms with Gasteiger partial charge in [-0.2, -0.15) is 0 Å². The van der Waals surface area contributed by atoms with Crippen LogP contribution in [0.3, 0.4) is 0 Å². The molecule has 0 unspecified atom stereocenters. The van der Waals surface area contributed by atoms with E-state index in [0.29, 0.717) is 16.3 Å². The number of amides is 2. The van der Waals surface area contributed by atoms with Crippen LogP contribution in [-0.4, -0.2) is 30.9 Å². The Balaban J connectivity index is 2.12. The molecule has 0 saturated carbocycles. The van der Waals surface area contributed by atoms with E-state index in [1.54, 1.807) is 48.5 Å². The molecule has 2 N–H and O–H groups in total. The second kappa shape index (κ2) is 9.01. The maximum atomic E-state index is 12.4. The van der Waals surface area contributed by atoms with E-state index < -0.39 is 17.9 Å². The summed E-state index contributed by atoms with van der Waals surface area (Å²) in [6, 6.07) is 12.6. The summed E-state index contributed by atoms with van der Waals surface area (Å²) in [4.78, 5) is 35.5. The lowest BCUT2D eigenvalue weighted by molar-refractivity contribution is -0.142. The highest BCUT2D eigenvalue weighted by Gasteiger charge is 2.23. The summed E-state index contributed by atoms with van der Waals surface area (Å²) in [7, 11) is 1.26. The number of nitrogens with one attached hydrogen (secondary N) is 2. The molecule has 2 rings (SSSR count). The van der Waals surface area contributed by atoms with Gasteiger partial charge in [0, 0.05) is 29.6 Å². The first-order chi connectivity index (χ1) is 12.4. The standard InChI is InChI=1S/C19H19ClN2O4/c1-12(23)21-15-9-7-13(8-10-15)18(24)22-17(19(25)26-2)11-14-5-3-4-6-16(14)20/h3-10,17H,11H2,1-2H3,(H,21,23)(H,22,24)/t17-/m0/s1. The first-order valence-electron chi connectivity index (χ1n) is 7.90. The van der Waals surface area contributed by atoms with E-state index in [0.717, 1.165) is 5.56 Å². The van der Waals surface area contributed by atoms with Crippen LogP contribution in [-0.2, 0) is 20.7 Å². The molecule has 2 aromatic rings. The third kappa shape index (κ3) is 5.32. The molecule has 0 fully saturated rings. The number of hydrogen-bond acceptors (Lipinski definition) is 4. The summed E-state index contributed by atoms with van der Waals surface area (Å²) >= 11 is 6.13. The Morgan fingerprint density at radius 1 is 1.08 bits per heavy atom. The summed E-state index contributed by atoms with van der Waals surface area (Å²) in [6.45, 7) is 1.40. The highest BCUT2D eigenvalue weighted by Crippen LogP contribution is 2.17. The molecule has 0 aliphatic rings. The zero-order valence-corrected chi connectivity index (χ0v) is 15.2. The summed E-state index contributed by atoms with van der Waals surface area (Å²) in [5.74, 6) is -1.19. The van der Waals surface area contributed by atoms with Crippen molar-refractivity contribution in [1.82, 2.24) is 5.32 Å². The molecule has 6 nitrogen and oxygen atoms in total. The van der Waals surface area contributed by atoms with E-state index in [1.165, 1.54) is 14.0 Å². The quantitative estimate of drug-likeness (QED) is 0.761. The number of carbonyl (C=O) groups is 3. The first-order valence-corrected chi connectivity index (χ1v) is 8.28. The number of methoxy groups -OCH3 is 1. The van der Waals surface area contributed by atoms with Crippen LogP contribution in [0, 0.1) is 0 Å². The summed E-state index contributed by atoms with van der Waals surface area (Å²) < 4.78 is 4.78.